The molecule has 1 aliphatic rings. The van der Waals surface area contributed by atoms with Gasteiger partial charge in [0.05, 0.1) is 23.8 Å². The Bertz CT molecular complexity index is 628. The molecule has 0 unspecified atom stereocenters. The fourth-order valence-corrected chi connectivity index (χ4v) is 2.91. The molecule has 0 bridgehead atoms. The van der Waals surface area contributed by atoms with Gasteiger partial charge in [0.2, 0.25) is 0 Å². The summed E-state index contributed by atoms with van der Waals surface area (Å²) in [5, 5.41) is 7.32. The predicted octanol–water partition coefficient (Wildman–Crippen LogP) is 4.63. The summed E-state index contributed by atoms with van der Waals surface area (Å²) < 4.78 is 40.7. The van der Waals surface area contributed by atoms with Crippen molar-refractivity contribution in [2.24, 2.45) is 0 Å². The highest BCUT2D eigenvalue weighted by Gasteiger charge is 2.33. The summed E-state index contributed by atoms with van der Waals surface area (Å²) in [4.78, 5) is 0. The van der Waals surface area contributed by atoms with E-state index in [1.165, 1.54) is 25.0 Å². The minimum absolute atomic E-state index is 0.0883. The van der Waals surface area contributed by atoms with Crippen LogP contribution in [-0.2, 0) is 12.7 Å². The normalized spacial score (nSPS) is 16.1. The molecule has 1 aromatic carbocycles. The molecule has 0 atom stereocenters. The van der Waals surface area contributed by atoms with Crippen LogP contribution in [0.15, 0.2) is 36.5 Å². The summed E-state index contributed by atoms with van der Waals surface area (Å²) in [6.45, 7) is 0.285. The number of para-hydroxylation sites is 1. The van der Waals surface area contributed by atoms with Crippen molar-refractivity contribution in [3.05, 3.63) is 47.8 Å². The van der Waals surface area contributed by atoms with Crippen molar-refractivity contribution in [2.45, 2.75) is 44.4 Å². The minimum atomic E-state index is -4.35. The number of benzene rings is 1. The number of nitrogens with one attached hydrogen (secondary N) is 1. The van der Waals surface area contributed by atoms with Crippen LogP contribution < -0.4 is 5.32 Å². The van der Waals surface area contributed by atoms with Crippen molar-refractivity contribution in [3.8, 4) is 0 Å². The molecule has 3 rings (SSSR count). The van der Waals surface area contributed by atoms with Crippen molar-refractivity contribution in [3.63, 3.8) is 0 Å². The second-order valence-electron chi connectivity index (χ2n) is 5.62. The van der Waals surface area contributed by atoms with E-state index in [1.54, 1.807) is 6.07 Å². The lowest BCUT2D eigenvalue weighted by molar-refractivity contribution is -0.136. The summed E-state index contributed by atoms with van der Waals surface area (Å²) >= 11 is 0. The highest BCUT2D eigenvalue weighted by Crippen LogP contribution is 2.34. The Hall–Kier alpha value is -1.98. The number of nitrogens with zero attached hydrogens (tertiary/aromatic N) is 2. The maximum absolute atomic E-state index is 12.9. The molecule has 0 spiro atoms. The van der Waals surface area contributed by atoms with E-state index in [9.17, 15) is 13.2 Å². The summed E-state index contributed by atoms with van der Waals surface area (Å²) in [5.41, 5.74) is 0.194. The van der Waals surface area contributed by atoms with Crippen molar-refractivity contribution < 1.29 is 13.2 Å². The first kappa shape index (κ1) is 14.9. The second kappa shape index (κ2) is 6.02. The Morgan fingerprint density at radius 2 is 1.86 bits per heavy atom. The van der Waals surface area contributed by atoms with Gasteiger partial charge in [-0.2, -0.15) is 18.3 Å². The molecule has 1 N–H and O–H groups in total. The van der Waals surface area contributed by atoms with Gasteiger partial charge >= 0.3 is 6.18 Å². The number of hydrogen-bond acceptors (Lipinski definition) is 2. The zero-order chi connectivity index (χ0) is 15.6. The van der Waals surface area contributed by atoms with Gasteiger partial charge in [-0.05, 0) is 31.0 Å². The maximum Gasteiger partial charge on any atom is 0.418 e. The van der Waals surface area contributed by atoms with Gasteiger partial charge in [-0.3, -0.25) is 4.68 Å². The highest BCUT2D eigenvalue weighted by molar-refractivity contribution is 5.52. The molecule has 22 heavy (non-hydrogen) atoms. The molecular weight excluding hydrogens is 291 g/mol. The third-order valence-electron chi connectivity index (χ3n) is 4.05. The molecule has 0 aliphatic heterocycles. The van der Waals surface area contributed by atoms with E-state index in [1.807, 2.05) is 16.9 Å². The number of halogens is 3. The topological polar surface area (TPSA) is 29.9 Å². The van der Waals surface area contributed by atoms with E-state index < -0.39 is 11.7 Å². The fraction of sp³-hybridized carbons (Fsp3) is 0.438. The average molecular weight is 309 g/mol. The van der Waals surface area contributed by atoms with Crippen LogP contribution in [0.1, 0.15) is 43.0 Å². The lowest BCUT2D eigenvalue weighted by atomic mass is 10.1. The first-order chi connectivity index (χ1) is 10.5. The largest absolute Gasteiger partial charge is 0.418 e. The average Bonchev–Trinajstić information content (AvgIpc) is 3.15. The molecule has 1 aliphatic carbocycles. The molecule has 0 saturated heterocycles. The highest BCUT2D eigenvalue weighted by atomic mass is 19.4. The van der Waals surface area contributed by atoms with Crippen LogP contribution in [0.2, 0.25) is 0 Å². The third-order valence-corrected chi connectivity index (χ3v) is 4.05. The van der Waals surface area contributed by atoms with Gasteiger partial charge in [0.1, 0.15) is 0 Å². The summed E-state index contributed by atoms with van der Waals surface area (Å²) in [5.74, 6) is 0. The number of rotatable bonds is 4. The maximum atomic E-state index is 12.9. The first-order valence-corrected chi connectivity index (χ1v) is 7.48. The molecule has 0 radical (unpaired) electrons. The van der Waals surface area contributed by atoms with Gasteiger partial charge in [0, 0.05) is 11.9 Å². The Morgan fingerprint density at radius 3 is 2.59 bits per heavy atom. The molecule has 1 heterocycles. The van der Waals surface area contributed by atoms with Crippen molar-refractivity contribution in [1.29, 1.82) is 0 Å². The SMILES string of the molecule is FC(F)(F)c1ccccc1NCc1ccn(C2CCCC2)n1. The number of anilines is 1. The van der Waals surface area contributed by atoms with Crippen LogP contribution in [0, 0.1) is 0 Å². The zero-order valence-corrected chi connectivity index (χ0v) is 12.1. The van der Waals surface area contributed by atoms with Gasteiger partial charge in [-0.1, -0.05) is 25.0 Å². The molecule has 0 amide bonds. The molecule has 3 nitrogen and oxygen atoms in total. The monoisotopic (exact) mass is 309 g/mol. The van der Waals surface area contributed by atoms with E-state index in [0.717, 1.165) is 24.6 Å². The molecule has 2 aromatic rings. The Labute approximate surface area is 127 Å². The summed E-state index contributed by atoms with van der Waals surface area (Å²) in [6.07, 6.45) is 2.26. The minimum Gasteiger partial charge on any atom is -0.379 e. The quantitative estimate of drug-likeness (QED) is 0.892. The van der Waals surface area contributed by atoms with Gasteiger partial charge in [0.15, 0.2) is 0 Å². The van der Waals surface area contributed by atoms with Gasteiger partial charge < -0.3 is 5.32 Å². The van der Waals surface area contributed by atoms with Crippen LogP contribution in [0.4, 0.5) is 18.9 Å². The Kier molecular flexibility index (Phi) is 4.09. The van der Waals surface area contributed by atoms with E-state index in [2.05, 4.69) is 10.4 Å². The van der Waals surface area contributed by atoms with E-state index in [0.29, 0.717) is 6.04 Å². The zero-order valence-electron chi connectivity index (χ0n) is 12.1. The van der Waals surface area contributed by atoms with Crippen LogP contribution in [0.5, 0.6) is 0 Å². The molecule has 1 aromatic heterocycles. The molecule has 6 heteroatoms. The summed E-state index contributed by atoms with van der Waals surface area (Å²) in [7, 11) is 0. The van der Waals surface area contributed by atoms with E-state index in [4.69, 9.17) is 0 Å². The summed E-state index contributed by atoms with van der Waals surface area (Å²) in [6, 6.07) is 7.81. The van der Waals surface area contributed by atoms with Crippen LogP contribution in [0.25, 0.3) is 0 Å². The lowest BCUT2D eigenvalue weighted by Gasteiger charge is -2.13. The van der Waals surface area contributed by atoms with Crippen LogP contribution in [0.3, 0.4) is 0 Å². The third kappa shape index (κ3) is 3.26. The number of alkyl halides is 3. The van der Waals surface area contributed by atoms with Crippen molar-refractivity contribution in [2.75, 3.05) is 5.32 Å². The van der Waals surface area contributed by atoms with Crippen LogP contribution in [-0.4, -0.2) is 9.78 Å². The van der Waals surface area contributed by atoms with Gasteiger partial charge in [-0.15, -0.1) is 0 Å². The van der Waals surface area contributed by atoms with E-state index >= 15 is 0 Å². The molecular formula is C16H18F3N3. The molecule has 118 valence electrons. The smallest absolute Gasteiger partial charge is 0.379 e. The van der Waals surface area contributed by atoms with Gasteiger partial charge in [-0.25, -0.2) is 0 Å². The van der Waals surface area contributed by atoms with Gasteiger partial charge in [0.25, 0.3) is 0 Å². The number of hydrogen-bond donors (Lipinski definition) is 1. The lowest BCUT2D eigenvalue weighted by Crippen LogP contribution is -2.11. The Balaban J connectivity index is 1.68. The number of aromatic nitrogens is 2. The van der Waals surface area contributed by atoms with Crippen LogP contribution >= 0.6 is 0 Å². The fourth-order valence-electron chi connectivity index (χ4n) is 2.91. The van der Waals surface area contributed by atoms with Crippen molar-refractivity contribution in [1.82, 2.24) is 9.78 Å². The van der Waals surface area contributed by atoms with Crippen molar-refractivity contribution >= 4 is 5.69 Å². The van der Waals surface area contributed by atoms with E-state index in [-0.39, 0.29) is 12.2 Å². The standard InChI is InChI=1S/C16H18F3N3/c17-16(18,19)14-7-3-4-8-15(14)20-11-12-9-10-22(21-12)13-5-1-2-6-13/h3-4,7-10,13,20H,1-2,5-6,11H2. The molecule has 1 fully saturated rings. The Morgan fingerprint density at radius 1 is 1.14 bits per heavy atom. The first-order valence-electron chi connectivity index (χ1n) is 7.48. The second-order valence-corrected chi connectivity index (χ2v) is 5.62. The predicted molar refractivity (Wildman–Crippen MR) is 78.5 cm³/mol. The molecule has 1 saturated carbocycles.